The molecule has 25 heavy (non-hydrogen) atoms. The summed E-state index contributed by atoms with van der Waals surface area (Å²) >= 11 is 0. The number of aromatic nitrogens is 4. The Morgan fingerprint density at radius 1 is 1.36 bits per heavy atom. The summed E-state index contributed by atoms with van der Waals surface area (Å²) in [6.07, 6.45) is 4.90. The number of rotatable bonds is 6. The van der Waals surface area contributed by atoms with E-state index in [1.165, 1.54) is 4.68 Å². The Morgan fingerprint density at radius 2 is 2.24 bits per heavy atom. The van der Waals surface area contributed by atoms with E-state index in [1.807, 2.05) is 0 Å². The molecule has 2 aromatic heterocycles. The highest BCUT2D eigenvalue weighted by Crippen LogP contribution is 2.39. The van der Waals surface area contributed by atoms with E-state index in [0.717, 1.165) is 43.9 Å². The lowest BCUT2D eigenvalue weighted by Gasteiger charge is -2.34. The Hall–Kier alpha value is -2.42. The van der Waals surface area contributed by atoms with Gasteiger partial charge in [0, 0.05) is 38.7 Å². The maximum absolute atomic E-state index is 11.8. The molecule has 1 saturated carbocycles. The zero-order valence-electron chi connectivity index (χ0n) is 14.2. The van der Waals surface area contributed by atoms with Crippen LogP contribution in [0.25, 0.3) is 0 Å². The van der Waals surface area contributed by atoms with Gasteiger partial charge in [0.05, 0.1) is 24.6 Å². The van der Waals surface area contributed by atoms with Crippen molar-refractivity contribution in [1.82, 2.24) is 20.0 Å². The summed E-state index contributed by atoms with van der Waals surface area (Å²) < 4.78 is 12.7. The molecule has 0 bridgehead atoms. The van der Waals surface area contributed by atoms with Crippen molar-refractivity contribution in [2.45, 2.75) is 31.3 Å². The lowest BCUT2D eigenvalue weighted by atomic mass is 10.2. The summed E-state index contributed by atoms with van der Waals surface area (Å²) in [6, 6.07) is 2.09. The van der Waals surface area contributed by atoms with Gasteiger partial charge in [-0.1, -0.05) is 5.10 Å². The fourth-order valence-corrected chi connectivity index (χ4v) is 2.90. The molecule has 0 aromatic carbocycles. The van der Waals surface area contributed by atoms with Crippen LogP contribution in [0, 0.1) is 0 Å². The fraction of sp³-hybridized carbons (Fsp3) is 0.625. The van der Waals surface area contributed by atoms with Crippen LogP contribution in [-0.4, -0.2) is 52.3 Å². The van der Waals surface area contributed by atoms with Crippen molar-refractivity contribution >= 4 is 11.7 Å². The summed E-state index contributed by atoms with van der Waals surface area (Å²) in [5.41, 5.74) is 0.736. The lowest BCUT2D eigenvalue weighted by molar-refractivity contribution is 0.0374. The molecule has 1 aliphatic heterocycles. The van der Waals surface area contributed by atoms with Gasteiger partial charge in [0.15, 0.2) is 0 Å². The first-order valence-electron chi connectivity index (χ1n) is 8.66. The number of hydrogen-bond donors (Lipinski definition) is 1. The van der Waals surface area contributed by atoms with Crippen LogP contribution in [0.2, 0.25) is 0 Å². The van der Waals surface area contributed by atoms with Crippen molar-refractivity contribution in [3.05, 3.63) is 28.5 Å². The van der Waals surface area contributed by atoms with E-state index in [1.54, 1.807) is 19.3 Å². The van der Waals surface area contributed by atoms with Crippen molar-refractivity contribution in [2.75, 3.05) is 36.5 Å². The molecule has 0 unspecified atom stereocenters. The third-order valence-corrected chi connectivity index (χ3v) is 4.57. The van der Waals surface area contributed by atoms with Crippen LogP contribution in [0.4, 0.5) is 11.7 Å². The zero-order chi connectivity index (χ0) is 17.2. The van der Waals surface area contributed by atoms with Crippen LogP contribution < -0.4 is 15.8 Å². The second kappa shape index (κ2) is 6.83. The summed E-state index contributed by atoms with van der Waals surface area (Å²) in [5, 5.41) is 15.3. The number of anilines is 2. The molecule has 1 N–H and O–H groups in total. The zero-order valence-corrected chi connectivity index (χ0v) is 14.2. The molecule has 2 aromatic rings. The van der Waals surface area contributed by atoms with E-state index < -0.39 is 0 Å². The first-order chi connectivity index (χ1) is 12.2. The molecule has 0 radical (unpaired) electrons. The number of ether oxygens (including phenoxy) is 1. The minimum Gasteiger partial charge on any atom is -0.408 e. The summed E-state index contributed by atoms with van der Waals surface area (Å²) in [6.45, 7) is 2.81. The summed E-state index contributed by atoms with van der Waals surface area (Å²) in [7, 11) is 1.64. The molecule has 2 fully saturated rings. The Morgan fingerprint density at radius 3 is 3.04 bits per heavy atom. The van der Waals surface area contributed by atoms with Gasteiger partial charge >= 0.3 is 6.01 Å². The van der Waals surface area contributed by atoms with E-state index in [2.05, 4.69) is 25.5 Å². The molecule has 0 amide bonds. The average molecular weight is 346 g/mol. The predicted molar refractivity (Wildman–Crippen MR) is 90.8 cm³/mol. The minimum absolute atomic E-state index is 0.0798. The van der Waals surface area contributed by atoms with Crippen molar-refractivity contribution < 1.29 is 9.15 Å². The van der Waals surface area contributed by atoms with Gasteiger partial charge in [0.2, 0.25) is 5.89 Å². The quantitative estimate of drug-likeness (QED) is 0.818. The molecule has 9 heteroatoms. The topological polar surface area (TPSA) is 98.3 Å². The summed E-state index contributed by atoms with van der Waals surface area (Å²) in [4.78, 5) is 13.9. The van der Waals surface area contributed by atoms with Gasteiger partial charge in [-0.2, -0.15) is 5.10 Å². The van der Waals surface area contributed by atoms with Crippen LogP contribution in [0.5, 0.6) is 0 Å². The van der Waals surface area contributed by atoms with Crippen LogP contribution in [0.3, 0.4) is 0 Å². The van der Waals surface area contributed by atoms with Crippen molar-refractivity contribution in [3.8, 4) is 0 Å². The normalized spacial score (nSPS) is 20.7. The van der Waals surface area contributed by atoms with E-state index in [4.69, 9.17) is 9.15 Å². The monoisotopic (exact) mass is 346 g/mol. The van der Waals surface area contributed by atoms with Crippen LogP contribution >= 0.6 is 0 Å². The predicted octanol–water partition coefficient (Wildman–Crippen LogP) is 0.748. The molecule has 9 nitrogen and oxygen atoms in total. The standard InChI is InChI=1S/C16H22N6O3/c1-21-14(23)8-12(9-18-21)22-6-7-24-13(10-22)4-5-17-16-20-19-15(25-16)11-2-3-11/h8-9,11,13H,2-7,10H2,1H3,(H,17,20)/t13-/m0/s1. The van der Waals surface area contributed by atoms with Gasteiger partial charge < -0.3 is 19.4 Å². The Bertz CT molecular complexity index is 784. The lowest BCUT2D eigenvalue weighted by Crippen LogP contribution is -2.43. The molecule has 0 spiro atoms. The van der Waals surface area contributed by atoms with Crippen LogP contribution in [-0.2, 0) is 11.8 Å². The highest BCUT2D eigenvalue weighted by atomic mass is 16.5. The summed E-state index contributed by atoms with van der Waals surface area (Å²) in [5.74, 6) is 1.20. The van der Waals surface area contributed by atoms with Gasteiger partial charge in [-0.15, -0.1) is 5.10 Å². The Labute approximate surface area is 145 Å². The number of nitrogens with zero attached hydrogens (tertiary/aromatic N) is 5. The number of aryl methyl sites for hydroxylation is 1. The maximum atomic E-state index is 11.8. The smallest absolute Gasteiger partial charge is 0.315 e. The minimum atomic E-state index is -0.106. The molecule has 1 saturated heterocycles. The Kier molecular flexibility index (Phi) is 4.39. The van der Waals surface area contributed by atoms with Crippen molar-refractivity contribution in [1.29, 1.82) is 0 Å². The van der Waals surface area contributed by atoms with E-state index in [9.17, 15) is 4.79 Å². The van der Waals surface area contributed by atoms with Crippen LogP contribution in [0.1, 0.15) is 31.1 Å². The molecule has 1 aliphatic carbocycles. The maximum Gasteiger partial charge on any atom is 0.315 e. The number of morpholine rings is 1. The van der Waals surface area contributed by atoms with Gasteiger partial charge in [-0.05, 0) is 19.3 Å². The van der Waals surface area contributed by atoms with Gasteiger partial charge in [0.25, 0.3) is 5.56 Å². The molecule has 3 heterocycles. The molecule has 1 atom stereocenters. The molecular weight excluding hydrogens is 324 g/mol. The second-order valence-corrected chi connectivity index (χ2v) is 6.55. The Balaban J connectivity index is 1.28. The first-order valence-corrected chi connectivity index (χ1v) is 8.66. The van der Waals surface area contributed by atoms with Crippen LogP contribution in [0.15, 0.2) is 21.5 Å². The van der Waals surface area contributed by atoms with E-state index >= 15 is 0 Å². The molecule has 4 rings (SSSR count). The largest absolute Gasteiger partial charge is 0.408 e. The average Bonchev–Trinajstić information content (AvgIpc) is 3.37. The van der Waals surface area contributed by atoms with Gasteiger partial charge in [0.1, 0.15) is 0 Å². The van der Waals surface area contributed by atoms with Gasteiger partial charge in [-0.3, -0.25) is 4.79 Å². The van der Waals surface area contributed by atoms with Crippen molar-refractivity contribution in [2.24, 2.45) is 7.05 Å². The third-order valence-electron chi connectivity index (χ3n) is 4.57. The molecule has 134 valence electrons. The highest BCUT2D eigenvalue weighted by molar-refractivity contribution is 5.43. The van der Waals surface area contributed by atoms with E-state index in [-0.39, 0.29) is 11.7 Å². The first kappa shape index (κ1) is 16.1. The fourth-order valence-electron chi connectivity index (χ4n) is 2.90. The second-order valence-electron chi connectivity index (χ2n) is 6.55. The van der Waals surface area contributed by atoms with E-state index in [0.29, 0.717) is 25.1 Å². The molecule has 2 aliphatic rings. The van der Waals surface area contributed by atoms with Crippen molar-refractivity contribution in [3.63, 3.8) is 0 Å². The third kappa shape index (κ3) is 3.81. The SMILES string of the molecule is Cn1ncc(N2CCO[C@@H](CCNc3nnc(C4CC4)o3)C2)cc1=O. The molecular formula is C16H22N6O3. The number of nitrogens with one attached hydrogen (secondary N) is 1. The van der Waals surface area contributed by atoms with Gasteiger partial charge in [-0.25, -0.2) is 4.68 Å². The highest BCUT2D eigenvalue weighted by Gasteiger charge is 2.29. The number of hydrogen-bond acceptors (Lipinski definition) is 8.